The molecule has 4 heteroatoms. The van der Waals surface area contributed by atoms with Crippen LogP contribution < -0.4 is 5.32 Å². The summed E-state index contributed by atoms with van der Waals surface area (Å²) in [6, 6.07) is 4.85. The first-order valence-electron chi connectivity index (χ1n) is 6.41. The zero-order valence-corrected chi connectivity index (χ0v) is 11.5. The van der Waals surface area contributed by atoms with Crippen molar-refractivity contribution in [2.24, 2.45) is 5.92 Å². The van der Waals surface area contributed by atoms with E-state index in [2.05, 4.69) is 43.3 Å². The summed E-state index contributed by atoms with van der Waals surface area (Å²) >= 11 is 3.61. The van der Waals surface area contributed by atoms with Crippen molar-refractivity contribution < 1.29 is 0 Å². The molecule has 1 N–H and O–H groups in total. The molecule has 0 aromatic carbocycles. The maximum atomic E-state index is 4.38. The Morgan fingerprint density at radius 3 is 2.76 bits per heavy atom. The number of nitrogens with zero attached hydrogens (tertiary/aromatic N) is 2. The van der Waals surface area contributed by atoms with Crippen molar-refractivity contribution in [2.75, 3.05) is 26.2 Å². The Hall–Kier alpha value is -0.450. The molecule has 2 aliphatic rings. The summed E-state index contributed by atoms with van der Waals surface area (Å²) in [5.41, 5.74) is 1.37. The summed E-state index contributed by atoms with van der Waals surface area (Å²) in [5, 5.41) is 3.43. The average molecular weight is 296 g/mol. The minimum absolute atomic E-state index is 0.570. The van der Waals surface area contributed by atoms with Gasteiger partial charge in [0.25, 0.3) is 0 Å². The summed E-state index contributed by atoms with van der Waals surface area (Å²) in [6.07, 6.45) is 4.60. The lowest BCUT2D eigenvalue weighted by Crippen LogP contribution is -2.45. The smallest absolute Gasteiger partial charge is 0.110 e. The van der Waals surface area contributed by atoms with Crippen LogP contribution in [0.3, 0.4) is 0 Å². The molecule has 17 heavy (non-hydrogen) atoms. The first-order valence-corrected chi connectivity index (χ1v) is 7.21. The van der Waals surface area contributed by atoms with Gasteiger partial charge in [0, 0.05) is 44.0 Å². The molecule has 1 aromatic heterocycles. The van der Waals surface area contributed by atoms with E-state index in [9.17, 15) is 0 Å². The highest BCUT2D eigenvalue weighted by molar-refractivity contribution is 9.10. The lowest BCUT2D eigenvalue weighted by molar-refractivity contribution is 0.155. The number of hydrogen-bond acceptors (Lipinski definition) is 3. The molecule has 1 saturated heterocycles. The SMILES string of the molecule is Brc1ncccc1[C@@H](C1CC1)N1CCNCC1. The number of halogens is 1. The number of nitrogens with one attached hydrogen (secondary N) is 1. The summed E-state index contributed by atoms with van der Waals surface area (Å²) in [4.78, 5) is 7.00. The van der Waals surface area contributed by atoms with Gasteiger partial charge in [-0.25, -0.2) is 4.98 Å². The van der Waals surface area contributed by atoms with Gasteiger partial charge < -0.3 is 5.32 Å². The Labute approximate surface area is 111 Å². The third-order valence-corrected chi connectivity index (χ3v) is 4.38. The second-order valence-electron chi connectivity index (χ2n) is 4.95. The molecule has 0 spiro atoms. The molecule has 3 nitrogen and oxygen atoms in total. The van der Waals surface area contributed by atoms with Crippen molar-refractivity contribution in [3.8, 4) is 0 Å². The molecule has 1 saturated carbocycles. The van der Waals surface area contributed by atoms with E-state index in [4.69, 9.17) is 0 Å². The number of aromatic nitrogens is 1. The summed E-state index contributed by atoms with van der Waals surface area (Å²) in [7, 11) is 0. The van der Waals surface area contributed by atoms with E-state index in [1.165, 1.54) is 18.4 Å². The molecule has 3 rings (SSSR count). The number of hydrogen-bond donors (Lipinski definition) is 1. The Bertz CT molecular complexity index is 386. The normalized spacial score (nSPS) is 23.6. The molecule has 1 aliphatic heterocycles. The highest BCUT2D eigenvalue weighted by Gasteiger charge is 2.37. The summed E-state index contributed by atoms with van der Waals surface area (Å²) in [6.45, 7) is 4.53. The third kappa shape index (κ3) is 2.54. The van der Waals surface area contributed by atoms with E-state index >= 15 is 0 Å². The maximum Gasteiger partial charge on any atom is 0.110 e. The van der Waals surface area contributed by atoms with Crippen molar-refractivity contribution in [2.45, 2.75) is 18.9 Å². The van der Waals surface area contributed by atoms with Gasteiger partial charge in [0.2, 0.25) is 0 Å². The second-order valence-corrected chi connectivity index (χ2v) is 5.70. The highest BCUT2D eigenvalue weighted by Crippen LogP contribution is 2.45. The van der Waals surface area contributed by atoms with Gasteiger partial charge in [-0.2, -0.15) is 0 Å². The summed E-state index contributed by atoms with van der Waals surface area (Å²) < 4.78 is 1.02. The van der Waals surface area contributed by atoms with Crippen LogP contribution in [-0.2, 0) is 0 Å². The predicted molar refractivity (Wildman–Crippen MR) is 71.8 cm³/mol. The molecule has 0 bridgehead atoms. The van der Waals surface area contributed by atoms with Crippen LogP contribution in [0.15, 0.2) is 22.9 Å². The van der Waals surface area contributed by atoms with E-state index in [0.717, 1.165) is 36.7 Å². The lowest BCUT2D eigenvalue weighted by atomic mass is 10.0. The number of rotatable bonds is 3. The molecule has 0 amide bonds. The number of piperazine rings is 1. The molecule has 2 heterocycles. The maximum absolute atomic E-state index is 4.38. The highest BCUT2D eigenvalue weighted by atomic mass is 79.9. The largest absolute Gasteiger partial charge is 0.314 e. The van der Waals surface area contributed by atoms with Gasteiger partial charge in [-0.15, -0.1) is 0 Å². The number of pyridine rings is 1. The van der Waals surface area contributed by atoms with Crippen LogP contribution in [0.5, 0.6) is 0 Å². The van der Waals surface area contributed by atoms with Gasteiger partial charge in [0.1, 0.15) is 4.60 Å². The molecular weight excluding hydrogens is 278 g/mol. The van der Waals surface area contributed by atoms with E-state index < -0.39 is 0 Å². The minimum atomic E-state index is 0.570. The molecule has 1 aliphatic carbocycles. The Kier molecular flexibility index (Phi) is 3.45. The van der Waals surface area contributed by atoms with Gasteiger partial charge in [0.05, 0.1) is 0 Å². The lowest BCUT2D eigenvalue weighted by Gasteiger charge is -2.35. The fraction of sp³-hybridized carbons (Fsp3) is 0.615. The quantitative estimate of drug-likeness (QED) is 0.867. The van der Waals surface area contributed by atoms with Crippen molar-refractivity contribution in [3.63, 3.8) is 0 Å². The van der Waals surface area contributed by atoms with E-state index in [1.807, 2.05) is 6.20 Å². The Balaban J connectivity index is 1.86. The van der Waals surface area contributed by atoms with E-state index in [-0.39, 0.29) is 0 Å². The summed E-state index contributed by atoms with van der Waals surface area (Å²) in [5.74, 6) is 0.841. The van der Waals surface area contributed by atoms with E-state index in [1.54, 1.807) is 0 Å². The monoisotopic (exact) mass is 295 g/mol. The Morgan fingerprint density at radius 2 is 2.12 bits per heavy atom. The fourth-order valence-electron chi connectivity index (χ4n) is 2.74. The molecule has 1 atom stereocenters. The van der Waals surface area contributed by atoms with Crippen LogP contribution in [-0.4, -0.2) is 36.1 Å². The standard InChI is InChI=1S/C13H18BrN3/c14-13-11(2-1-5-16-13)12(10-3-4-10)17-8-6-15-7-9-17/h1-2,5,10,12,15H,3-4,6-9H2/t12-/m1/s1. The molecule has 2 fully saturated rings. The van der Waals surface area contributed by atoms with Crippen LogP contribution in [0.25, 0.3) is 0 Å². The molecule has 92 valence electrons. The first-order chi connectivity index (χ1) is 8.36. The van der Waals surface area contributed by atoms with Crippen LogP contribution >= 0.6 is 15.9 Å². The fourth-order valence-corrected chi connectivity index (χ4v) is 3.23. The van der Waals surface area contributed by atoms with Gasteiger partial charge in [-0.1, -0.05) is 6.07 Å². The zero-order chi connectivity index (χ0) is 11.7. The third-order valence-electron chi connectivity index (χ3n) is 3.72. The Morgan fingerprint density at radius 1 is 1.35 bits per heavy atom. The van der Waals surface area contributed by atoms with Gasteiger partial charge in [0.15, 0.2) is 0 Å². The molecule has 0 radical (unpaired) electrons. The predicted octanol–water partition coefficient (Wildman–Crippen LogP) is 2.20. The van der Waals surface area contributed by atoms with Crippen molar-refractivity contribution in [1.82, 2.24) is 15.2 Å². The average Bonchev–Trinajstić information content (AvgIpc) is 3.18. The topological polar surface area (TPSA) is 28.2 Å². The van der Waals surface area contributed by atoms with Crippen LogP contribution in [0, 0.1) is 5.92 Å². The molecular formula is C13H18BrN3. The van der Waals surface area contributed by atoms with Crippen LogP contribution in [0.4, 0.5) is 0 Å². The zero-order valence-electron chi connectivity index (χ0n) is 9.90. The van der Waals surface area contributed by atoms with Gasteiger partial charge in [-0.3, -0.25) is 4.90 Å². The van der Waals surface area contributed by atoms with Crippen molar-refractivity contribution in [3.05, 3.63) is 28.5 Å². The van der Waals surface area contributed by atoms with E-state index in [0.29, 0.717) is 6.04 Å². The van der Waals surface area contributed by atoms with Gasteiger partial charge in [-0.05, 0) is 40.8 Å². The van der Waals surface area contributed by atoms with Crippen LogP contribution in [0.2, 0.25) is 0 Å². The first kappa shape index (κ1) is 11.6. The minimum Gasteiger partial charge on any atom is -0.314 e. The van der Waals surface area contributed by atoms with Gasteiger partial charge >= 0.3 is 0 Å². The molecule has 1 aromatic rings. The van der Waals surface area contributed by atoms with Crippen molar-refractivity contribution >= 4 is 15.9 Å². The van der Waals surface area contributed by atoms with Crippen LogP contribution in [0.1, 0.15) is 24.4 Å². The second kappa shape index (κ2) is 5.04. The molecule has 0 unspecified atom stereocenters. The van der Waals surface area contributed by atoms with Crippen molar-refractivity contribution in [1.29, 1.82) is 0 Å².